The number of hydrazine groups is 1. The van der Waals surface area contributed by atoms with Crippen LogP contribution in [0.5, 0.6) is 0 Å². The van der Waals surface area contributed by atoms with Crippen molar-refractivity contribution < 1.29 is 24.4 Å². The molecular weight excluding hydrogens is 306 g/mol. The van der Waals surface area contributed by atoms with Crippen LogP contribution in [0.4, 0.5) is 11.4 Å². The maximum absolute atomic E-state index is 12.2. The van der Waals surface area contributed by atoms with Gasteiger partial charge in [0.15, 0.2) is 0 Å². The fourth-order valence-corrected chi connectivity index (χ4v) is 2.80. The molecule has 0 spiro atoms. The summed E-state index contributed by atoms with van der Waals surface area (Å²) in [5.74, 6) is -3.35. The van der Waals surface area contributed by atoms with Crippen LogP contribution in [0, 0.1) is 22.0 Å². The molecule has 3 rings (SSSR count). The predicted molar refractivity (Wildman–Crippen MR) is 77.3 cm³/mol. The summed E-state index contributed by atoms with van der Waals surface area (Å²) in [6.45, 7) is 0. The smallest absolute Gasteiger partial charge is 0.310 e. The highest BCUT2D eigenvalue weighted by Crippen LogP contribution is 2.39. The molecule has 1 amide bonds. The second kappa shape index (κ2) is 5.69. The summed E-state index contributed by atoms with van der Waals surface area (Å²) >= 11 is 0. The first kappa shape index (κ1) is 15.0. The van der Waals surface area contributed by atoms with Crippen LogP contribution in [0.1, 0.15) is 0 Å². The average molecular weight is 319 g/mol. The van der Waals surface area contributed by atoms with Gasteiger partial charge in [0.25, 0.3) is 5.69 Å². The Bertz CT molecular complexity index is 686. The maximum Gasteiger partial charge on any atom is 0.310 e. The molecule has 0 radical (unpaired) electrons. The third-order valence-electron chi connectivity index (χ3n) is 3.90. The third-order valence-corrected chi connectivity index (χ3v) is 3.90. The zero-order valence-electron chi connectivity index (χ0n) is 11.7. The fourth-order valence-electron chi connectivity index (χ4n) is 2.80. The van der Waals surface area contributed by atoms with E-state index in [1.165, 1.54) is 24.3 Å². The molecule has 0 aliphatic carbocycles. The minimum Gasteiger partial charge on any atom is -0.481 e. The molecule has 4 atom stereocenters. The molecule has 2 bridgehead atoms. The van der Waals surface area contributed by atoms with Gasteiger partial charge in [0, 0.05) is 12.1 Å². The largest absolute Gasteiger partial charge is 0.481 e. The summed E-state index contributed by atoms with van der Waals surface area (Å²) in [6.07, 6.45) is 2.18. The quantitative estimate of drug-likeness (QED) is 0.413. The van der Waals surface area contributed by atoms with Crippen molar-refractivity contribution in [2.75, 3.05) is 5.43 Å². The van der Waals surface area contributed by atoms with Gasteiger partial charge in [-0.2, -0.15) is 0 Å². The van der Waals surface area contributed by atoms with Gasteiger partial charge in [0.1, 0.15) is 5.92 Å². The summed E-state index contributed by atoms with van der Waals surface area (Å²) in [4.78, 5) is 33.6. The van der Waals surface area contributed by atoms with Gasteiger partial charge in [-0.25, -0.2) is 0 Å². The van der Waals surface area contributed by atoms with Crippen molar-refractivity contribution >= 4 is 23.3 Å². The zero-order chi connectivity index (χ0) is 16.6. The highest BCUT2D eigenvalue weighted by molar-refractivity contribution is 5.88. The maximum atomic E-state index is 12.2. The van der Waals surface area contributed by atoms with Crippen LogP contribution in [0.2, 0.25) is 0 Å². The van der Waals surface area contributed by atoms with Crippen LogP contribution in [0.25, 0.3) is 0 Å². The number of carbonyl (C=O) groups excluding carboxylic acids is 1. The molecule has 0 saturated carbocycles. The number of nitro groups is 1. The first-order chi connectivity index (χ1) is 11.0. The number of amides is 1. The summed E-state index contributed by atoms with van der Waals surface area (Å²) in [5, 5.41) is 19.8. The number of hydrogen-bond acceptors (Lipinski definition) is 6. The minimum absolute atomic E-state index is 0.0699. The monoisotopic (exact) mass is 319 g/mol. The normalized spacial score (nSPS) is 27.7. The molecule has 2 aliphatic rings. The van der Waals surface area contributed by atoms with E-state index >= 15 is 0 Å². The molecule has 2 aliphatic heterocycles. The second-order valence-corrected chi connectivity index (χ2v) is 5.26. The highest BCUT2D eigenvalue weighted by atomic mass is 16.6. The molecule has 1 aromatic rings. The zero-order valence-corrected chi connectivity index (χ0v) is 11.7. The molecule has 0 unspecified atom stereocenters. The summed E-state index contributed by atoms with van der Waals surface area (Å²) in [6, 6.07) is 5.45. The molecule has 120 valence electrons. The molecule has 1 aromatic carbocycles. The number of fused-ring (bicyclic) bond motifs is 2. The van der Waals surface area contributed by atoms with Gasteiger partial charge >= 0.3 is 5.97 Å². The van der Waals surface area contributed by atoms with Gasteiger partial charge < -0.3 is 9.84 Å². The molecular formula is C14H13N3O6. The van der Waals surface area contributed by atoms with E-state index in [0.717, 1.165) is 0 Å². The fraction of sp³-hybridized carbons (Fsp3) is 0.286. The standard InChI is InChI=1S/C14H13N3O6/c18-13(11-9-5-6-10(23-9)12(11)14(19)20)16-15-7-1-3-8(4-2-7)17(21)22/h1-6,9-12,15H,(H,16,18)(H,19,20)/t9-,10+,11-,12+/m0/s1. The van der Waals surface area contributed by atoms with Crippen LogP contribution in [-0.2, 0) is 14.3 Å². The minimum atomic E-state index is -1.09. The first-order valence-electron chi connectivity index (χ1n) is 6.84. The summed E-state index contributed by atoms with van der Waals surface area (Å²) in [5.41, 5.74) is 5.41. The molecule has 1 saturated heterocycles. The summed E-state index contributed by atoms with van der Waals surface area (Å²) < 4.78 is 5.42. The van der Waals surface area contributed by atoms with Crippen molar-refractivity contribution in [1.82, 2.24) is 5.43 Å². The number of anilines is 1. The van der Waals surface area contributed by atoms with Crippen LogP contribution >= 0.6 is 0 Å². The lowest BCUT2D eigenvalue weighted by atomic mass is 9.82. The van der Waals surface area contributed by atoms with Crippen molar-refractivity contribution in [1.29, 1.82) is 0 Å². The lowest BCUT2D eigenvalue weighted by molar-refractivity contribution is -0.384. The molecule has 2 heterocycles. The van der Waals surface area contributed by atoms with E-state index < -0.39 is 40.8 Å². The number of aliphatic carboxylic acids is 1. The van der Waals surface area contributed by atoms with Crippen LogP contribution in [-0.4, -0.2) is 34.1 Å². The van der Waals surface area contributed by atoms with E-state index in [9.17, 15) is 24.8 Å². The number of ether oxygens (including phenoxy) is 1. The van der Waals surface area contributed by atoms with Crippen molar-refractivity contribution in [3.8, 4) is 0 Å². The number of nitrogens with zero attached hydrogens (tertiary/aromatic N) is 1. The number of hydrogen-bond donors (Lipinski definition) is 3. The number of nitro benzene ring substituents is 1. The SMILES string of the molecule is O=C(NNc1ccc([N+](=O)[O-])cc1)[C@@H]1[C@H](C(=O)O)[C@H]2C=C[C@@H]1O2. The predicted octanol–water partition coefficient (Wildman–Crippen LogP) is 0.692. The van der Waals surface area contributed by atoms with Gasteiger partial charge in [-0.05, 0) is 12.1 Å². The number of carboxylic acids is 1. The van der Waals surface area contributed by atoms with Gasteiger partial charge in [0.05, 0.1) is 28.7 Å². The van der Waals surface area contributed by atoms with E-state index in [1.807, 2.05) is 0 Å². The Balaban J connectivity index is 1.64. The molecule has 23 heavy (non-hydrogen) atoms. The van der Waals surface area contributed by atoms with Crippen molar-refractivity contribution in [2.45, 2.75) is 12.2 Å². The summed E-state index contributed by atoms with van der Waals surface area (Å²) in [7, 11) is 0. The van der Waals surface area contributed by atoms with Gasteiger partial charge in [-0.1, -0.05) is 12.2 Å². The van der Waals surface area contributed by atoms with E-state index in [2.05, 4.69) is 10.9 Å². The van der Waals surface area contributed by atoms with Gasteiger partial charge in [-0.3, -0.25) is 30.6 Å². The molecule has 0 aromatic heterocycles. The number of carboxylic acid groups (broad SMARTS) is 1. The number of benzene rings is 1. The first-order valence-corrected chi connectivity index (χ1v) is 6.84. The Kier molecular flexibility index (Phi) is 3.70. The van der Waals surface area contributed by atoms with E-state index in [1.54, 1.807) is 12.2 Å². The second-order valence-electron chi connectivity index (χ2n) is 5.26. The Morgan fingerprint density at radius 3 is 2.30 bits per heavy atom. The highest BCUT2D eigenvalue weighted by Gasteiger charge is 2.53. The molecule has 9 nitrogen and oxygen atoms in total. The van der Waals surface area contributed by atoms with Gasteiger partial charge in [-0.15, -0.1) is 0 Å². The number of nitrogens with one attached hydrogen (secondary N) is 2. The average Bonchev–Trinajstić information content (AvgIpc) is 3.13. The Morgan fingerprint density at radius 1 is 1.13 bits per heavy atom. The number of carbonyl (C=O) groups is 2. The Hall–Kier alpha value is -2.94. The number of non-ortho nitro benzene ring substituents is 1. The molecule has 3 N–H and O–H groups in total. The van der Waals surface area contributed by atoms with E-state index in [4.69, 9.17) is 4.74 Å². The lowest BCUT2D eigenvalue weighted by Crippen LogP contribution is -2.44. The third kappa shape index (κ3) is 2.73. The topological polar surface area (TPSA) is 131 Å². The van der Waals surface area contributed by atoms with Gasteiger partial charge in [0.2, 0.25) is 5.91 Å². The van der Waals surface area contributed by atoms with Crippen molar-refractivity contribution in [2.24, 2.45) is 11.8 Å². The van der Waals surface area contributed by atoms with E-state index in [-0.39, 0.29) is 5.69 Å². The Morgan fingerprint density at radius 2 is 1.74 bits per heavy atom. The molecule has 1 fully saturated rings. The van der Waals surface area contributed by atoms with Crippen LogP contribution < -0.4 is 10.9 Å². The number of rotatable bonds is 5. The van der Waals surface area contributed by atoms with Crippen molar-refractivity contribution in [3.63, 3.8) is 0 Å². The van der Waals surface area contributed by atoms with Crippen molar-refractivity contribution in [3.05, 3.63) is 46.5 Å². The van der Waals surface area contributed by atoms with Crippen LogP contribution in [0.3, 0.4) is 0 Å². The Labute approximate surface area is 130 Å². The van der Waals surface area contributed by atoms with E-state index in [0.29, 0.717) is 5.69 Å². The molecule has 9 heteroatoms. The van der Waals surface area contributed by atoms with Crippen LogP contribution in [0.15, 0.2) is 36.4 Å². The lowest BCUT2D eigenvalue weighted by Gasteiger charge is -2.21.